The van der Waals surface area contributed by atoms with Gasteiger partial charge in [0, 0.05) is 0 Å². The standard InChI is InChI=1S/C15H20N2O2Se2/c18-14-7-3-1-5-12(14)11-16-17-15(19)8-4-2-6-13-9-10-20-21-13/h1,3,5,7,11,13,18H,2,4,6,8-10H2,(H,17,19)/b16-11+. The van der Waals surface area contributed by atoms with Gasteiger partial charge in [0.05, 0.1) is 0 Å². The fourth-order valence-corrected chi connectivity index (χ4v) is 11.5. The summed E-state index contributed by atoms with van der Waals surface area (Å²) in [7, 11) is 0. The van der Waals surface area contributed by atoms with Crippen LogP contribution < -0.4 is 5.43 Å². The molecule has 1 aliphatic rings. The van der Waals surface area contributed by atoms with Crippen molar-refractivity contribution in [3.8, 4) is 5.75 Å². The zero-order valence-corrected chi connectivity index (χ0v) is 15.3. The molecule has 1 heterocycles. The molecule has 2 N–H and O–H groups in total. The topological polar surface area (TPSA) is 61.7 Å². The summed E-state index contributed by atoms with van der Waals surface area (Å²) in [5, 5.41) is 14.9. The van der Waals surface area contributed by atoms with Crippen molar-refractivity contribution in [1.82, 2.24) is 5.43 Å². The van der Waals surface area contributed by atoms with Gasteiger partial charge in [-0.15, -0.1) is 0 Å². The number of rotatable bonds is 7. The van der Waals surface area contributed by atoms with Crippen molar-refractivity contribution < 1.29 is 9.90 Å². The van der Waals surface area contributed by atoms with Crippen LogP contribution >= 0.6 is 0 Å². The Labute approximate surface area is 136 Å². The third-order valence-electron chi connectivity index (χ3n) is 3.24. The molecule has 6 heteroatoms. The maximum atomic E-state index is 11.6. The molecule has 1 amide bonds. The number of hydrogen-bond donors (Lipinski definition) is 2. The van der Waals surface area contributed by atoms with Gasteiger partial charge in [-0.3, -0.25) is 0 Å². The minimum atomic E-state index is -0.0529. The molecule has 0 spiro atoms. The van der Waals surface area contributed by atoms with Crippen LogP contribution in [0.4, 0.5) is 0 Å². The number of carbonyl (C=O) groups is 1. The number of amides is 1. The number of benzene rings is 1. The SMILES string of the molecule is O=C(CCCCC1CC[Se][Se]1)N/N=C/c1ccccc1O. The average molecular weight is 418 g/mol. The molecule has 0 saturated carbocycles. The number of phenols is 1. The fourth-order valence-electron chi connectivity index (χ4n) is 2.05. The van der Waals surface area contributed by atoms with Crippen molar-refractivity contribution in [3.05, 3.63) is 29.8 Å². The summed E-state index contributed by atoms with van der Waals surface area (Å²) in [5.74, 6) is 0.110. The number of carbonyl (C=O) groups excluding carboxylic acids is 1. The molecular weight excluding hydrogens is 398 g/mol. The predicted molar refractivity (Wildman–Crippen MR) is 87.0 cm³/mol. The number of para-hydroxylation sites is 1. The van der Waals surface area contributed by atoms with Crippen molar-refractivity contribution in [2.24, 2.45) is 5.10 Å². The van der Waals surface area contributed by atoms with Crippen LogP contribution in [-0.2, 0) is 4.79 Å². The van der Waals surface area contributed by atoms with Gasteiger partial charge in [0.15, 0.2) is 0 Å². The number of unbranched alkanes of at least 4 members (excludes halogenated alkanes) is 1. The predicted octanol–water partition coefficient (Wildman–Crippen LogP) is 2.34. The van der Waals surface area contributed by atoms with E-state index in [0.717, 1.165) is 43.9 Å². The minimum absolute atomic E-state index is 0.0529. The summed E-state index contributed by atoms with van der Waals surface area (Å²) in [6.07, 6.45) is 6.82. The van der Waals surface area contributed by atoms with Gasteiger partial charge in [-0.05, 0) is 0 Å². The van der Waals surface area contributed by atoms with Crippen molar-refractivity contribution >= 4 is 38.4 Å². The van der Waals surface area contributed by atoms with Gasteiger partial charge < -0.3 is 0 Å². The van der Waals surface area contributed by atoms with Crippen LogP contribution in [0.15, 0.2) is 29.4 Å². The van der Waals surface area contributed by atoms with Gasteiger partial charge in [-0.2, -0.15) is 0 Å². The second-order valence-electron chi connectivity index (χ2n) is 4.93. The van der Waals surface area contributed by atoms with Crippen LogP contribution in [-0.4, -0.2) is 43.5 Å². The molecule has 1 saturated heterocycles. The third kappa shape index (κ3) is 6.23. The molecule has 0 aliphatic carbocycles. The number of hydrazone groups is 1. The number of aromatic hydroxyl groups is 1. The monoisotopic (exact) mass is 420 g/mol. The van der Waals surface area contributed by atoms with Gasteiger partial charge in [0.2, 0.25) is 0 Å². The summed E-state index contributed by atoms with van der Waals surface area (Å²) in [4.78, 5) is 12.6. The van der Waals surface area contributed by atoms with Crippen molar-refractivity contribution in [3.63, 3.8) is 0 Å². The normalized spacial score (nSPS) is 18.2. The zero-order valence-electron chi connectivity index (χ0n) is 11.8. The first kappa shape index (κ1) is 16.6. The molecule has 1 aliphatic heterocycles. The number of nitrogens with one attached hydrogen (secondary N) is 1. The van der Waals surface area contributed by atoms with E-state index in [1.165, 1.54) is 24.4 Å². The van der Waals surface area contributed by atoms with Gasteiger partial charge in [0.1, 0.15) is 0 Å². The van der Waals surface area contributed by atoms with E-state index in [1.807, 2.05) is 6.07 Å². The van der Waals surface area contributed by atoms with Crippen molar-refractivity contribution in [2.75, 3.05) is 0 Å². The Morgan fingerprint density at radius 3 is 3.05 bits per heavy atom. The molecule has 0 bridgehead atoms. The maximum absolute atomic E-state index is 11.6. The van der Waals surface area contributed by atoms with E-state index in [4.69, 9.17) is 0 Å². The Hall–Kier alpha value is -0.801. The van der Waals surface area contributed by atoms with Crippen LogP contribution in [0.5, 0.6) is 5.75 Å². The summed E-state index contributed by atoms with van der Waals surface area (Å²) in [6.45, 7) is 0. The molecule has 1 aromatic rings. The van der Waals surface area contributed by atoms with Crippen LogP contribution in [0.1, 0.15) is 37.7 Å². The van der Waals surface area contributed by atoms with Crippen LogP contribution in [0.3, 0.4) is 0 Å². The van der Waals surface area contributed by atoms with Gasteiger partial charge >= 0.3 is 131 Å². The van der Waals surface area contributed by atoms with Crippen LogP contribution in [0.25, 0.3) is 0 Å². The second-order valence-corrected chi connectivity index (χ2v) is 12.7. The van der Waals surface area contributed by atoms with Crippen molar-refractivity contribution in [2.45, 2.75) is 42.2 Å². The summed E-state index contributed by atoms with van der Waals surface area (Å²) < 4.78 is 0. The molecule has 1 aromatic carbocycles. The molecule has 1 atom stereocenters. The Morgan fingerprint density at radius 2 is 2.29 bits per heavy atom. The molecule has 1 unspecified atom stereocenters. The molecule has 114 valence electrons. The average Bonchev–Trinajstić information content (AvgIpc) is 2.99. The number of nitrogens with zero attached hydrogens (tertiary/aromatic N) is 1. The molecular formula is C15H20N2O2Se2. The Morgan fingerprint density at radius 1 is 1.43 bits per heavy atom. The van der Waals surface area contributed by atoms with Gasteiger partial charge in [-0.1, -0.05) is 6.07 Å². The van der Waals surface area contributed by atoms with E-state index in [0.29, 0.717) is 12.0 Å². The molecule has 2 rings (SSSR count). The number of phenolic OH excluding ortho intramolecular Hbond substituents is 1. The molecule has 1 fully saturated rings. The molecule has 21 heavy (non-hydrogen) atoms. The van der Waals surface area contributed by atoms with Crippen molar-refractivity contribution in [1.29, 1.82) is 0 Å². The van der Waals surface area contributed by atoms with E-state index >= 15 is 0 Å². The first-order chi connectivity index (χ1) is 10.3. The quantitative estimate of drug-likeness (QED) is 0.309. The van der Waals surface area contributed by atoms with E-state index < -0.39 is 0 Å². The Kier molecular flexibility index (Phi) is 7.31. The first-order valence-electron chi connectivity index (χ1n) is 7.14. The molecule has 0 radical (unpaired) electrons. The zero-order chi connectivity index (χ0) is 14.9. The first-order valence-corrected chi connectivity index (χ1v) is 13.7. The number of hydrogen-bond acceptors (Lipinski definition) is 3. The fraction of sp³-hybridized carbons (Fsp3) is 0.467. The Balaban J connectivity index is 1.60. The van der Waals surface area contributed by atoms with Gasteiger partial charge in [-0.25, -0.2) is 0 Å². The summed E-state index contributed by atoms with van der Waals surface area (Å²) in [5.41, 5.74) is 3.11. The van der Waals surface area contributed by atoms with E-state index in [9.17, 15) is 9.90 Å². The summed E-state index contributed by atoms with van der Waals surface area (Å²) in [6, 6.07) is 6.90. The van der Waals surface area contributed by atoms with Gasteiger partial charge in [0.25, 0.3) is 0 Å². The third-order valence-corrected chi connectivity index (χ3v) is 12.2. The second kappa shape index (κ2) is 9.26. The van der Waals surface area contributed by atoms with E-state index in [-0.39, 0.29) is 11.7 Å². The molecule has 0 aromatic heterocycles. The molecule has 4 nitrogen and oxygen atoms in total. The van der Waals surface area contributed by atoms with E-state index in [2.05, 4.69) is 10.5 Å². The Bertz CT molecular complexity index is 488. The van der Waals surface area contributed by atoms with E-state index in [1.54, 1.807) is 18.2 Å². The summed E-state index contributed by atoms with van der Waals surface area (Å²) >= 11 is 1.87. The van der Waals surface area contributed by atoms with Crippen LogP contribution in [0, 0.1) is 0 Å². The van der Waals surface area contributed by atoms with Crippen LogP contribution in [0.2, 0.25) is 10.1 Å².